The van der Waals surface area contributed by atoms with Gasteiger partial charge in [-0.05, 0) is 37.6 Å². The molecule has 2 aromatic carbocycles. The van der Waals surface area contributed by atoms with Crippen LogP contribution in [0.2, 0.25) is 0 Å². The van der Waals surface area contributed by atoms with E-state index in [0.717, 1.165) is 16.9 Å². The van der Waals surface area contributed by atoms with Crippen molar-refractivity contribution in [1.82, 2.24) is 19.4 Å². The molecule has 7 heteroatoms. The number of H-pyrrole nitrogens is 1. The minimum Gasteiger partial charge on any atom is -0.353 e. The molecule has 0 fully saturated rings. The first-order chi connectivity index (χ1) is 15.1. The average Bonchev–Trinajstić information content (AvgIpc) is 3.17. The first kappa shape index (κ1) is 20.9. The van der Waals surface area contributed by atoms with Gasteiger partial charge in [0.1, 0.15) is 5.52 Å². The molecule has 0 aliphatic carbocycles. The maximum Gasteiger partial charge on any atom is 0.283 e. The number of aromatic amines is 1. The van der Waals surface area contributed by atoms with Crippen LogP contribution in [0, 0.1) is 6.92 Å². The van der Waals surface area contributed by atoms with Gasteiger partial charge in [0.05, 0.1) is 17.0 Å². The summed E-state index contributed by atoms with van der Waals surface area (Å²) in [5.41, 5.74) is 3.60. The van der Waals surface area contributed by atoms with Crippen LogP contribution >= 0.6 is 11.8 Å². The van der Waals surface area contributed by atoms with Crippen LogP contribution in [0.25, 0.3) is 16.7 Å². The Morgan fingerprint density at radius 1 is 1.10 bits per heavy atom. The van der Waals surface area contributed by atoms with Crippen LogP contribution in [0.1, 0.15) is 18.2 Å². The molecule has 4 rings (SSSR count). The Balaban J connectivity index is 1.63. The van der Waals surface area contributed by atoms with Crippen molar-refractivity contribution in [2.24, 2.45) is 0 Å². The number of rotatable bonds is 7. The Hall–Kier alpha value is -3.32. The number of aromatic nitrogens is 3. The molecule has 1 amide bonds. The molecule has 0 radical (unpaired) electrons. The molecule has 4 aromatic rings. The summed E-state index contributed by atoms with van der Waals surface area (Å²) in [6, 6.07) is 21.2. The van der Waals surface area contributed by atoms with E-state index in [0.29, 0.717) is 29.3 Å². The minimum atomic E-state index is -0.170. The molecule has 31 heavy (non-hydrogen) atoms. The first-order valence-corrected chi connectivity index (χ1v) is 11.2. The van der Waals surface area contributed by atoms with Crippen LogP contribution in [-0.4, -0.2) is 37.6 Å². The van der Waals surface area contributed by atoms with E-state index in [9.17, 15) is 9.59 Å². The van der Waals surface area contributed by atoms with Crippen LogP contribution < -0.4 is 5.56 Å². The van der Waals surface area contributed by atoms with E-state index in [4.69, 9.17) is 4.98 Å². The highest BCUT2D eigenvalue weighted by atomic mass is 32.2. The third kappa shape index (κ3) is 4.56. The molecule has 0 spiro atoms. The second-order valence-electron chi connectivity index (χ2n) is 7.27. The maximum atomic E-state index is 13.2. The lowest BCUT2D eigenvalue weighted by molar-refractivity contribution is -0.128. The number of benzene rings is 2. The summed E-state index contributed by atoms with van der Waals surface area (Å²) in [5, 5.41) is 0.506. The normalized spacial score (nSPS) is 11.0. The molecule has 0 aliphatic rings. The number of nitrogens with zero attached hydrogens (tertiary/aromatic N) is 3. The fraction of sp³-hybridized carbons (Fsp3) is 0.208. The number of nitrogens with one attached hydrogen (secondary N) is 1. The van der Waals surface area contributed by atoms with Crippen LogP contribution in [0.3, 0.4) is 0 Å². The number of thioether (sulfide) groups is 1. The molecule has 158 valence electrons. The maximum absolute atomic E-state index is 13.2. The lowest BCUT2D eigenvalue weighted by Crippen LogP contribution is -2.32. The predicted molar refractivity (Wildman–Crippen MR) is 125 cm³/mol. The second kappa shape index (κ2) is 9.22. The zero-order valence-electron chi connectivity index (χ0n) is 17.5. The van der Waals surface area contributed by atoms with Gasteiger partial charge in [-0.1, -0.05) is 60.3 Å². The topological polar surface area (TPSA) is 71.0 Å². The zero-order valence-corrected chi connectivity index (χ0v) is 18.4. The molecule has 0 saturated carbocycles. The molecule has 1 N–H and O–H groups in total. The van der Waals surface area contributed by atoms with Gasteiger partial charge in [0.2, 0.25) is 5.91 Å². The van der Waals surface area contributed by atoms with E-state index in [1.807, 2.05) is 85.5 Å². The van der Waals surface area contributed by atoms with Crippen LogP contribution in [0.15, 0.2) is 76.7 Å². The fourth-order valence-electron chi connectivity index (χ4n) is 3.48. The Labute approximate surface area is 184 Å². The number of carbonyl (C=O) groups excluding carboxylic acids is 1. The number of fused-ring (bicyclic) bond motifs is 1. The van der Waals surface area contributed by atoms with Crippen molar-refractivity contribution in [2.75, 3.05) is 12.3 Å². The third-order valence-corrected chi connectivity index (χ3v) is 5.97. The molecular formula is C24H24N4O2S. The molecule has 0 saturated heterocycles. The number of para-hydroxylation sites is 1. The molecule has 0 bridgehead atoms. The lowest BCUT2D eigenvalue weighted by atomic mass is 10.2. The number of amides is 1. The number of hydrogen-bond donors (Lipinski definition) is 1. The van der Waals surface area contributed by atoms with Gasteiger partial charge in [-0.15, -0.1) is 0 Å². The van der Waals surface area contributed by atoms with Crippen molar-refractivity contribution in [3.63, 3.8) is 0 Å². The summed E-state index contributed by atoms with van der Waals surface area (Å²) >= 11 is 1.29. The van der Waals surface area contributed by atoms with Gasteiger partial charge < -0.3 is 9.88 Å². The fourth-order valence-corrected chi connectivity index (χ4v) is 4.39. The second-order valence-corrected chi connectivity index (χ2v) is 8.21. The molecule has 0 atom stereocenters. The van der Waals surface area contributed by atoms with Gasteiger partial charge in [-0.25, -0.2) is 4.98 Å². The molecule has 2 aromatic heterocycles. The van der Waals surface area contributed by atoms with Gasteiger partial charge in [-0.2, -0.15) is 0 Å². The molecule has 6 nitrogen and oxygen atoms in total. The smallest absolute Gasteiger partial charge is 0.283 e. The van der Waals surface area contributed by atoms with Crippen molar-refractivity contribution in [3.05, 3.63) is 88.3 Å². The van der Waals surface area contributed by atoms with E-state index >= 15 is 0 Å². The average molecular weight is 433 g/mol. The van der Waals surface area contributed by atoms with E-state index in [-0.39, 0.29) is 17.2 Å². The van der Waals surface area contributed by atoms with E-state index < -0.39 is 0 Å². The highest BCUT2D eigenvalue weighted by Crippen LogP contribution is 2.22. The van der Waals surface area contributed by atoms with Crippen molar-refractivity contribution in [2.45, 2.75) is 25.5 Å². The van der Waals surface area contributed by atoms with Gasteiger partial charge in [-0.3, -0.25) is 14.2 Å². The summed E-state index contributed by atoms with van der Waals surface area (Å²) in [6.45, 7) is 5.04. The summed E-state index contributed by atoms with van der Waals surface area (Å²) < 4.78 is 1.57. The highest BCUT2D eigenvalue weighted by Gasteiger charge is 2.18. The number of carbonyl (C=O) groups is 1. The third-order valence-electron chi connectivity index (χ3n) is 5.05. The lowest BCUT2D eigenvalue weighted by Gasteiger charge is -2.21. The largest absolute Gasteiger partial charge is 0.353 e. The summed E-state index contributed by atoms with van der Waals surface area (Å²) in [6.07, 6.45) is 0. The van der Waals surface area contributed by atoms with Gasteiger partial charge in [0.25, 0.3) is 5.56 Å². The van der Waals surface area contributed by atoms with E-state index in [1.165, 1.54) is 11.8 Å². The van der Waals surface area contributed by atoms with Crippen LogP contribution in [-0.2, 0) is 11.3 Å². The van der Waals surface area contributed by atoms with E-state index in [2.05, 4.69) is 4.98 Å². The Kier molecular flexibility index (Phi) is 6.23. The quantitative estimate of drug-likeness (QED) is 0.352. The number of aryl methyl sites for hydroxylation is 1. The standard InChI is InChI=1S/C24H24N4O2S/c1-3-27(15-18-10-6-4-7-11-18)21(29)16-31-24-26-20-14-17(2)25-22(20)23(30)28(24)19-12-8-5-9-13-19/h4-14,25H,3,15-16H2,1-2H3. The molecular weight excluding hydrogens is 408 g/mol. The first-order valence-electron chi connectivity index (χ1n) is 10.2. The van der Waals surface area contributed by atoms with Crippen LogP contribution in [0.5, 0.6) is 0 Å². The minimum absolute atomic E-state index is 0.00978. The predicted octanol–water partition coefficient (Wildman–Crippen LogP) is 4.16. The molecule has 0 aliphatic heterocycles. The van der Waals surface area contributed by atoms with Crippen molar-refractivity contribution >= 4 is 28.7 Å². The summed E-state index contributed by atoms with van der Waals surface area (Å²) in [7, 11) is 0. The van der Waals surface area contributed by atoms with Crippen molar-refractivity contribution < 1.29 is 4.79 Å². The van der Waals surface area contributed by atoms with Gasteiger partial charge in [0, 0.05) is 18.8 Å². The Morgan fingerprint density at radius 2 is 1.77 bits per heavy atom. The van der Waals surface area contributed by atoms with Crippen molar-refractivity contribution in [1.29, 1.82) is 0 Å². The molecule has 2 heterocycles. The highest BCUT2D eigenvalue weighted by molar-refractivity contribution is 7.99. The monoisotopic (exact) mass is 432 g/mol. The Bertz CT molecular complexity index is 1250. The van der Waals surface area contributed by atoms with Crippen LogP contribution in [0.4, 0.5) is 0 Å². The van der Waals surface area contributed by atoms with Gasteiger partial charge in [0.15, 0.2) is 5.16 Å². The summed E-state index contributed by atoms with van der Waals surface area (Å²) in [5.74, 6) is 0.213. The summed E-state index contributed by atoms with van der Waals surface area (Å²) in [4.78, 5) is 35.8. The van der Waals surface area contributed by atoms with Gasteiger partial charge >= 0.3 is 0 Å². The SMILES string of the molecule is CCN(Cc1ccccc1)C(=O)CSc1nc2cc(C)[nH]c2c(=O)n1-c1ccccc1. The Morgan fingerprint density at radius 3 is 2.45 bits per heavy atom. The van der Waals surface area contributed by atoms with Crippen molar-refractivity contribution in [3.8, 4) is 5.69 Å². The van der Waals surface area contributed by atoms with E-state index in [1.54, 1.807) is 4.57 Å². The molecule has 0 unspecified atom stereocenters. The number of hydrogen-bond acceptors (Lipinski definition) is 4. The zero-order chi connectivity index (χ0) is 21.8.